The number of hydrogen-bond donors (Lipinski definition) is 0. The third-order valence-corrected chi connectivity index (χ3v) is 3.66. The predicted octanol–water partition coefficient (Wildman–Crippen LogP) is 4.24. The highest BCUT2D eigenvalue weighted by atomic mass is 79.9. The SMILES string of the molecule is Cc1cc2c(CBr)ccc(F)c2s1. The number of thiophene rings is 1. The highest BCUT2D eigenvalue weighted by Crippen LogP contribution is 2.31. The standard InChI is InChI=1S/C10H8BrFS/c1-6-4-8-7(5-11)2-3-9(12)10(8)13-6/h2-4H,5H2,1H3. The summed E-state index contributed by atoms with van der Waals surface area (Å²) in [6.45, 7) is 2.00. The van der Waals surface area contributed by atoms with Gasteiger partial charge in [0, 0.05) is 10.2 Å². The molecule has 1 aromatic carbocycles. The average Bonchev–Trinajstić information content (AvgIpc) is 2.48. The van der Waals surface area contributed by atoms with Crippen LogP contribution in [0.4, 0.5) is 4.39 Å². The van der Waals surface area contributed by atoms with Crippen LogP contribution in [0.1, 0.15) is 10.4 Å². The number of benzene rings is 1. The van der Waals surface area contributed by atoms with E-state index in [9.17, 15) is 4.39 Å². The summed E-state index contributed by atoms with van der Waals surface area (Å²) in [7, 11) is 0. The highest BCUT2D eigenvalue weighted by Gasteiger charge is 2.07. The molecular formula is C10H8BrFS. The van der Waals surface area contributed by atoms with Crippen LogP contribution in [0.15, 0.2) is 18.2 Å². The fourth-order valence-corrected chi connectivity index (χ4v) is 2.84. The van der Waals surface area contributed by atoms with E-state index in [2.05, 4.69) is 15.9 Å². The summed E-state index contributed by atoms with van der Waals surface area (Å²) in [6, 6.07) is 5.41. The summed E-state index contributed by atoms with van der Waals surface area (Å²) in [4.78, 5) is 1.15. The minimum absolute atomic E-state index is 0.113. The Morgan fingerprint density at radius 2 is 2.23 bits per heavy atom. The zero-order valence-electron chi connectivity index (χ0n) is 7.10. The van der Waals surface area contributed by atoms with Crippen molar-refractivity contribution in [2.45, 2.75) is 12.3 Å². The van der Waals surface area contributed by atoms with E-state index >= 15 is 0 Å². The maximum atomic E-state index is 13.3. The summed E-state index contributed by atoms with van der Waals surface area (Å²) in [6.07, 6.45) is 0. The second-order valence-electron chi connectivity index (χ2n) is 2.94. The molecule has 3 heteroatoms. The lowest BCUT2D eigenvalue weighted by Gasteiger charge is -1.98. The molecule has 2 aromatic rings. The molecule has 0 spiro atoms. The molecule has 0 aliphatic heterocycles. The third kappa shape index (κ3) is 1.51. The topological polar surface area (TPSA) is 0 Å². The molecule has 0 radical (unpaired) electrons. The Morgan fingerprint density at radius 3 is 2.92 bits per heavy atom. The van der Waals surface area contributed by atoms with Gasteiger partial charge in [0.2, 0.25) is 0 Å². The Bertz CT molecular complexity index is 447. The zero-order chi connectivity index (χ0) is 9.42. The summed E-state index contributed by atoms with van der Waals surface area (Å²) in [5.74, 6) is -0.113. The van der Waals surface area contributed by atoms with Crippen LogP contribution < -0.4 is 0 Å². The average molecular weight is 259 g/mol. The minimum atomic E-state index is -0.113. The fourth-order valence-electron chi connectivity index (χ4n) is 1.39. The first-order chi connectivity index (χ1) is 6.22. The molecule has 1 heterocycles. The summed E-state index contributed by atoms with van der Waals surface area (Å²) in [5, 5.41) is 1.82. The van der Waals surface area contributed by atoms with Gasteiger partial charge < -0.3 is 0 Å². The number of fused-ring (bicyclic) bond motifs is 1. The summed E-state index contributed by atoms with van der Waals surface area (Å²) >= 11 is 4.91. The molecule has 0 atom stereocenters. The molecule has 2 rings (SSSR count). The van der Waals surface area contributed by atoms with Crippen LogP contribution in [0.2, 0.25) is 0 Å². The maximum absolute atomic E-state index is 13.3. The van der Waals surface area contributed by atoms with Gasteiger partial charge in [0.05, 0.1) is 4.70 Å². The Labute approximate surface area is 88.5 Å². The van der Waals surface area contributed by atoms with E-state index in [0.717, 1.165) is 25.9 Å². The molecule has 0 fully saturated rings. The van der Waals surface area contributed by atoms with Crippen LogP contribution in [0.25, 0.3) is 10.1 Å². The van der Waals surface area contributed by atoms with E-state index in [1.165, 1.54) is 17.4 Å². The first-order valence-electron chi connectivity index (χ1n) is 3.96. The van der Waals surface area contributed by atoms with E-state index in [1.807, 2.05) is 19.1 Å². The Hall–Kier alpha value is -0.410. The van der Waals surface area contributed by atoms with Crippen LogP contribution in [0.3, 0.4) is 0 Å². The van der Waals surface area contributed by atoms with Gasteiger partial charge in [0.15, 0.2) is 0 Å². The second kappa shape index (κ2) is 3.39. The lowest BCUT2D eigenvalue weighted by molar-refractivity contribution is 0.641. The molecule has 0 aliphatic carbocycles. The fraction of sp³-hybridized carbons (Fsp3) is 0.200. The molecular weight excluding hydrogens is 251 g/mol. The van der Waals surface area contributed by atoms with Gasteiger partial charge in [-0.05, 0) is 30.0 Å². The van der Waals surface area contributed by atoms with Gasteiger partial charge in [-0.1, -0.05) is 22.0 Å². The van der Waals surface area contributed by atoms with Crippen molar-refractivity contribution in [3.05, 3.63) is 34.5 Å². The van der Waals surface area contributed by atoms with Crippen LogP contribution in [0.5, 0.6) is 0 Å². The number of alkyl halides is 1. The maximum Gasteiger partial charge on any atom is 0.141 e. The lowest BCUT2D eigenvalue weighted by Crippen LogP contribution is -1.80. The second-order valence-corrected chi connectivity index (χ2v) is 4.76. The summed E-state index contributed by atoms with van der Waals surface area (Å²) in [5.41, 5.74) is 1.15. The highest BCUT2D eigenvalue weighted by molar-refractivity contribution is 9.08. The molecule has 0 unspecified atom stereocenters. The summed E-state index contributed by atoms with van der Waals surface area (Å²) < 4.78 is 14.1. The first-order valence-corrected chi connectivity index (χ1v) is 5.89. The van der Waals surface area contributed by atoms with Gasteiger partial charge in [-0.2, -0.15) is 0 Å². The molecule has 68 valence electrons. The molecule has 0 saturated heterocycles. The molecule has 0 bridgehead atoms. The monoisotopic (exact) mass is 258 g/mol. The quantitative estimate of drug-likeness (QED) is 0.672. The van der Waals surface area contributed by atoms with Crippen molar-refractivity contribution < 1.29 is 4.39 Å². The van der Waals surface area contributed by atoms with Crippen molar-refractivity contribution in [2.75, 3.05) is 0 Å². The smallest absolute Gasteiger partial charge is 0.141 e. The number of hydrogen-bond acceptors (Lipinski definition) is 1. The van der Waals surface area contributed by atoms with Gasteiger partial charge in [-0.25, -0.2) is 4.39 Å². The molecule has 0 N–H and O–H groups in total. The van der Waals surface area contributed by atoms with E-state index < -0.39 is 0 Å². The van der Waals surface area contributed by atoms with Crippen molar-refractivity contribution in [1.29, 1.82) is 0 Å². The minimum Gasteiger partial charge on any atom is -0.205 e. The van der Waals surface area contributed by atoms with Gasteiger partial charge >= 0.3 is 0 Å². The van der Waals surface area contributed by atoms with Gasteiger partial charge in [-0.3, -0.25) is 0 Å². The van der Waals surface area contributed by atoms with E-state index in [4.69, 9.17) is 0 Å². The van der Waals surface area contributed by atoms with Crippen LogP contribution in [-0.2, 0) is 5.33 Å². The van der Waals surface area contributed by atoms with E-state index in [0.29, 0.717) is 0 Å². The Kier molecular flexibility index (Phi) is 2.39. The molecule has 1 aromatic heterocycles. The van der Waals surface area contributed by atoms with Crippen molar-refractivity contribution in [3.63, 3.8) is 0 Å². The Morgan fingerprint density at radius 1 is 1.46 bits per heavy atom. The lowest BCUT2D eigenvalue weighted by atomic mass is 10.1. The number of halogens is 2. The zero-order valence-corrected chi connectivity index (χ0v) is 9.51. The Balaban J connectivity index is 2.83. The predicted molar refractivity (Wildman–Crippen MR) is 59.2 cm³/mol. The molecule has 0 saturated carbocycles. The van der Waals surface area contributed by atoms with Crippen LogP contribution >= 0.6 is 27.3 Å². The van der Waals surface area contributed by atoms with Crippen LogP contribution in [-0.4, -0.2) is 0 Å². The van der Waals surface area contributed by atoms with Crippen molar-refractivity contribution >= 4 is 37.4 Å². The van der Waals surface area contributed by atoms with Gasteiger partial charge in [-0.15, -0.1) is 11.3 Å². The van der Waals surface area contributed by atoms with Crippen molar-refractivity contribution in [3.8, 4) is 0 Å². The largest absolute Gasteiger partial charge is 0.205 e. The molecule has 0 nitrogen and oxygen atoms in total. The van der Waals surface area contributed by atoms with Crippen molar-refractivity contribution in [2.24, 2.45) is 0 Å². The third-order valence-electron chi connectivity index (χ3n) is 1.99. The number of aryl methyl sites for hydroxylation is 1. The molecule has 0 aliphatic rings. The number of rotatable bonds is 1. The van der Waals surface area contributed by atoms with Crippen molar-refractivity contribution in [1.82, 2.24) is 0 Å². The van der Waals surface area contributed by atoms with E-state index in [-0.39, 0.29) is 5.82 Å². The van der Waals surface area contributed by atoms with Crippen LogP contribution in [0, 0.1) is 12.7 Å². The molecule has 13 heavy (non-hydrogen) atoms. The first kappa shape index (κ1) is 9.16. The van der Waals surface area contributed by atoms with Gasteiger partial charge in [0.25, 0.3) is 0 Å². The van der Waals surface area contributed by atoms with Gasteiger partial charge in [0.1, 0.15) is 5.82 Å². The normalized spacial score (nSPS) is 11.0. The molecule has 0 amide bonds. The van der Waals surface area contributed by atoms with E-state index in [1.54, 1.807) is 0 Å².